The Hall–Kier alpha value is -2.69. The van der Waals surface area contributed by atoms with Crippen molar-refractivity contribution in [3.63, 3.8) is 0 Å². The summed E-state index contributed by atoms with van der Waals surface area (Å²) in [4.78, 5) is 36.0. The minimum absolute atomic E-state index is 0.0711. The first-order valence-corrected chi connectivity index (χ1v) is 7.83. The van der Waals surface area contributed by atoms with E-state index in [-0.39, 0.29) is 32.1 Å². The van der Waals surface area contributed by atoms with Crippen molar-refractivity contribution in [2.45, 2.75) is 18.5 Å². The molecule has 0 aliphatic rings. The highest BCUT2D eigenvalue weighted by molar-refractivity contribution is 5.82. The molecule has 0 radical (unpaired) electrons. The van der Waals surface area contributed by atoms with Gasteiger partial charge in [0.15, 0.2) is 0 Å². The summed E-state index contributed by atoms with van der Waals surface area (Å²) in [6, 6.07) is 5.09. The van der Waals surface area contributed by atoms with Crippen LogP contribution in [0.5, 0.6) is 5.75 Å². The predicted molar refractivity (Wildman–Crippen MR) is 88.8 cm³/mol. The van der Waals surface area contributed by atoms with Gasteiger partial charge in [-0.25, -0.2) is 9.59 Å². The van der Waals surface area contributed by atoms with Crippen LogP contribution in [0.3, 0.4) is 0 Å². The second-order valence-electron chi connectivity index (χ2n) is 5.31. The van der Waals surface area contributed by atoms with Gasteiger partial charge in [-0.1, -0.05) is 18.2 Å². The van der Waals surface area contributed by atoms with Crippen LogP contribution in [0.2, 0.25) is 0 Å². The number of nitrogens with one attached hydrogen (secondary N) is 1. The van der Waals surface area contributed by atoms with Gasteiger partial charge in [0.25, 0.3) is 0 Å². The minimum atomic E-state index is -1.54. The topological polar surface area (TPSA) is 157 Å². The van der Waals surface area contributed by atoms with Crippen LogP contribution in [-0.2, 0) is 9.59 Å². The molecule has 0 aliphatic carbocycles. The van der Waals surface area contributed by atoms with Gasteiger partial charge >= 0.3 is 18.0 Å². The van der Waals surface area contributed by atoms with Gasteiger partial charge in [-0.2, -0.15) is 0 Å². The average Bonchev–Trinajstić information content (AvgIpc) is 2.58. The fraction of sp³-hybridized carbons (Fsp3) is 0.438. The third kappa shape index (κ3) is 7.05. The lowest BCUT2D eigenvalue weighted by molar-refractivity contribution is -0.145. The standard InChI is InChI=1S/C16H22N2O8/c19-8-6-18(7-9-20)13(15(23)24)10-12(14(21)22)17-16(25)26-11-4-2-1-3-5-11/h1-5,12-13,19-20H,6-10H2,(H,17,25)(H,21,22)(H,23,24)/t12-,13?/m0/s1. The van der Waals surface area contributed by atoms with E-state index >= 15 is 0 Å². The molecule has 0 fully saturated rings. The lowest BCUT2D eigenvalue weighted by atomic mass is 10.1. The number of aliphatic hydroxyl groups excluding tert-OH is 2. The maximum absolute atomic E-state index is 11.9. The molecule has 5 N–H and O–H groups in total. The van der Waals surface area contributed by atoms with Gasteiger partial charge in [0.2, 0.25) is 0 Å². The Morgan fingerprint density at radius 3 is 2.04 bits per heavy atom. The van der Waals surface area contributed by atoms with Crippen LogP contribution in [0.15, 0.2) is 30.3 Å². The van der Waals surface area contributed by atoms with E-state index in [1.165, 1.54) is 17.0 Å². The third-order valence-electron chi connectivity index (χ3n) is 3.50. The van der Waals surface area contributed by atoms with Gasteiger partial charge in [-0.3, -0.25) is 9.69 Å². The molecule has 0 heterocycles. The fourth-order valence-corrected chi connectivity index (χ4v) is 2.30. The number of carbonyl (C=O) groups excluding carboxylic acids is 1. The molecule has 1 amide bonds. The van der Waals surface area contributed by atoms with Crippen molar-refractivity contribution in [3.05, 3.63) is 30.3 Å². The Bertz CT molecular complexity index is 589. The molecule has 144 valence electrons. The van der Waals surface area contributed by atoms with Crippen molar-refractivity contribution < 1.29 is 39.5 Å². The fourth-order valence-electron chi connectivity index (χ4n) is 2.30. The van der Waals surface area contributed by atoms with Crippen LogP contribution in [0, 0.1) is 0 Å². The number of nitrogens with zero attached hydrogens (tertiary/aromatic N) is 1. The number of carboxylic acid groups (broad SMARTS) is 2. The van der Waals surface area contributed by atoms with Crippen LogP contribution in [0.25, 0.3) is 0 Å². The highest BCUT2D eigenvalue weighted by Gasteiger charge is 2.32. The van der Waals surface area contributed by atoms with Gasteiger partial charge in [0, 0.05) is 19.5 Å². The Morgan fingerprint density at radius 1 is 1.00 bits per heavy atom. The third-order valence-corrected chi connectivity index (χ3v) is 3.50. The van der Waals surface area contributed by atoms with Gasteiger partial charge in [-0.15, -0.1) is 0 Å². The maximum atomic E-state index is 11.9. The lowest BCUT2D eigenvalue weighted by Crippen LogP contribution is -2.51. The molecule has 0 aromatic heterocycles. The number of carbonyl (C=O) groups is 3. The number of amides is 1. The molecule has 0 saturated carbocycles. The number of hydrogen-bond acceptors (Lipinski definition) is 7. The first kappa shape index (κ1) is 21.4. The van der Waals surface area contributed by atoms with Crippen LogP contribution in [0.1, 0.15) is 6.42 Å². The summed E-state index contributed by atoms with van der Waals surface area (Å²) in [5.41, 5.74) is 0. The molecule has 0 bridgehead atoms. The molecule has 1 aromatic carbocycles. The van der Waals surface area contributed by atoms with Gasteiger partial charge in [0.05, 0.1) is 13.2 Å². The minimum Gasteiger partial charge on any atom is -0.480 e. The number of aliphatic hydroxyl groups is 2. The molecule has 26 heavy (non-hydrogen) atoms. The van der Waals surface area contributed by atoms with Crippen LogP contribution in [0.4, 0.5) is 4.79 Å². The molecule has 1 aromatic rings. The molecule has 2 atom stereocenters. The van der Waals surface area contributed by atoms with E-state index in [1.807, 2.05) is 0 Å². The summed E-state index contributed by atoms with van der Waals surface area (Å²) in [5, 5.41) is 38.8. The average molecular weight is 370 g/mol. The van der Waals surface area contributed by atoms with E-state index in [1.54, 1.807) is 18.2 Å². The Labute approximate surface area is 149 Å². The summed E-state index contributed by atoms with van der Waals surface area (Å²) in [7, 11) is 0. The largest absolute Gasteiger partial charge is 0.480 e. The number of para-hydroxylation sites is 1. The smallest absolute Gasteiger partial charge is 0.413 e. The maximum Gasteiger partial charge on any atom is 0.413 e. The van der Waals surface area contributed by atoms with E-state index in [0.29, 0.717) is 0 Å². The van der Waals surface area contributed by atoms with E-state index < -0.39 is 36.5 Å². The van der Waals surface area contributed by atoms with Gasteiger partial charge in [-0.05, 0) is 12.1 Å². The molecule has 0 saturated heterocycles. The van der Waals surface area contributed by atoms with Gasteiger partial charge in [0.1, 0.15) is 17.8 Å². The molecule has 0 spiro atoms. The van der Waals surface area contributed by atoms with E-state index in [0.717, 1.165) is 0 Å². The summed E-state index contributed by atoms with van der Waals surface area (Å²) in [6.45, 7) is -0.882. The molecular formula is C16H22N2O8. The zero-order valence-corrected chi connectivity index (χ0v) is 13.9. The normalized spacial score (nSPS) is 13.0. The number of rotatable bonds is 11. The van der Waals surface area contributed by atoms with Gasteiger partial charge < -0.3 is 30.5 Å². The quantitative estimate of drug-likeness (QED) is 0.342. The highest BCUT2D eigenvalue weighted by Crippen LogP contribution is 2.11. The number of carboxylic acids is 2. The Balaban J connectivity index is 2.81. The monoisotopic (exact) mass is 370 g/mol. The van der Waals surface area contributed by atoms with E-state index in [2.05, 4.69) is 5.32 Å². The van der Waals surface area contributed by atoms with E-state index in [4.69, 9.17) is 14.9 Å². The molecule has 1 rings (SSSR count). The number of aliphatic carboxylic acids is 2. The highest BCUT2D eigenvalue weighted by atomic mass is 16.6. The lowest BCUT2D eigenvalue weighted by Gasteiger charge is -2.29. The summed E-state index contributed by atoms with van der Waals surface area (Å²) >= 11 is 0. The molecule has 10 nitrogen and oxygen atoms in total. The SMILES string of the molecule is O=C(N[C@@H](CC(C(=O)O)N(CCO)CCO)C(=O)O)Oc1ccccc1. The van der Waals surface area contributed by atoms with Crippen molar-refractivity contribution in [3.8, 4) is 5.75 Å². The Kier molecular flexibility index (Phi) is 9.06. The van der Waals surface area contributed by atoms with E-state index in [9.17, 15) is 24.6 Å². The number of benzene rings is 1. The first-order valence-electron chi connectivity index (χ1n) is 7.83. The van der Waals surface area contributed by atoms with Crippen molar-refractivity contribution in [2.24, 2.45) is 0 Å². The van der Waals surface area contributed by atoms with Crippen molar-refractivity contribution in [1.29, 1.82) is 0 Å². The molecular weight excluding hydrogens is 348 g/mol. The summed E-state index contributed by atoms with van der Waals surface area (Å²) < 4.78 is 4.94. The molecule has 0 aliphatic heterocycles. The van der Waals surface area contributed by atoms with Crippen LogP contribution < -0.4 is 10.1 Å². The van der Waals surface area contributed by atoms with Crippen molar-refractivity contribution in [2.75, 3.05) is 26.3 Å². The molecule has 10 heteroatoms. The zero-order valence-electron chi connectivity index (χ0n) is 13.9. The van der Waals surface area contributed by atoms with Crippen LogP contribution in [-0.4, -0.2) is 81.7 Å². The van der Waals surface area contributed by atoms with Crippen molar-refractivity contribution in [1.82, 2.24) is 10.2 Å². The molecule has 1 unspecified atom stereocenters. The van der Waals surface area contributed by atoms with Crippen LogP contribution >= 0.6 is 0 Å². The second kappa shape index (κ2) is 11.0. The Morgan fingerprint density at radius 2 is 1.58 bits per heavy atom. The number of ether oxygens (including phenoxy) is 1. The second-order valence-corrected chi connectivity index (χ2v) is 5.31. The first-order chi connectivity index (χ1) is 12.4. The zero-order chi connectivity index (χ0) is 19.5. The predicted octanol–water partition coefficient (Wildman–Crippen LogP) is -0.642. The summed E-state index contributed by atoms with van der Waals surface area (Å²) in [5.74, 6) is -2.57. The number of hydrogen-bond donors (Lipinski definition) is 5. The van der Waals surface area contributed by atoms with Crippen molar-refractivity contribution >= 4 is 18.0 Å². The summed E-state index contributed by atoms with van der Waals surface area (Å²) in [6.07, 6.45) is -1.52.